The van der Waals surface area contributed by atoms with Gasteiger partial charge in [-0.15, -0.1) is 5.10 Å². The summed E-state index contributed by atoms with van der Waals surface area (Å²) in [4.78, 5) is 15.2. The van der Waals surface area contributed by atoms with Gasteiger partial charge in [0.2, 0.25) is 5.91 Å². The second-order valence-electron chi connectivity index (χ2n) is 8.82. The fourth-order valence-electron chi connectivity index (χ4n) is 4.15. The Morgan fingerprint density at radius 2 is 1.82 bits per heavy atom. The molecule has 4 N–H and O–H groups in total. The molecular formula is C26H28N8O3S. The van der Waals surface area contributed by atoms with Crippen molar-refractivity contribution in [3.63, 3.8) is 0 Å². The highest BCUT2D eigenvalue weighted by molar-refractivity contribution is 7.90. The Bertz CT molecular complexity index is 1580. The summed E-state index contributed by atoms with van der Waals surface area (Å²) in [5, 5.41) is 22.4. The lowest BCUT2D eigenvalue weighted by Gasteiger charge is -2.30. The number of benzene rings is 3. The Kier molecular flexibility index (Phi) is 7.53. The van der Waals surface area contributed by atoms with Gasteiger partial charge < -0.3 is 16.0 Å². The van der Waals surface area contributed by atoms with Gasteiger partial charge in [0.15, 0.2) is 15.7 Å². The summed E-state index contributed by atoms with van der Waals surface area (Å²) >= 11 is 0. The molecule has 1 aromatic heterocycles. The first-order chi connectivity index (χ1) is 18.0. The molecule has 0 fully saturated rings. The predicted octanol–water partition coefficient (Wildman–Crippen LogP) is 2.77. The van der Waals surface area contributed by atoms with Gasteiger partial charge in [-0.2, -0.15) is 0 Å². The summed E-state index contributed by atoms with van der Waals surface area (Å²) in [6.45, 7) is 1.85. The molecule has 0 saturated heterocycles. The van der Waals surface area contributed by atoms with Crippen LogP contribution in [0.25, 0.3) is 11.1 Å². The van der Waals surface area contributed by atoms with Gasteiger partial charge in [0.25, 0.3) is 0 Å². The number of amides is 1. The molecule has 0 aliphatic carbocycles. The van der Waals surface area contributed by atoms with E-state index in [9.17, 15) is 13.2 Å². The average Bonchev–Trinajstić information content (AvgIpc) is 3.32. The molecule has 1 atom stereocenters. The smallest absolute Gasteiger partial charge is 0.243 e. The van der Waals surface area contributed by atoms with Crippen molar-refractivity contribution in [3.8, 4) is 11.1 Å². The summed E-state index contributed by atoms with van der Waals surface area (Å²) in [5.41, 5.74) is 8.76. The molecule has 1 unspecified atom stereocenters. The van der Waals surface area contributed by atoms with E-state index in [4.69, 9.17) is 11.1 Å². The first kappa shape index (κ1) is 26.5. The minimum atomic E-state index is -3.40. The third-order valence-corrected chi connectivity index (χ3v) is 7.22. The van der Waals surface area contributed by atoms with E-state index in [1.807, 2.05) is 17.9 Å². The van der Waals surface area contributed by atoms with Gasteiger partial charge in [-0.05, 0) is 53.2 Å². The second-order valence-corrected chi connectivity index (χ2v) is 10.8. The summed E-state index contributed by atoms with van der Waals surface area (Å²) in [7, 11) is -1.68. The molecule has 196 valence electrons. The standard InChI is InChI=1S/C26H28N8O3S/c1-17(26-30-31-32-33(26)2)34(21-8-6-7-19(15-21)25(27)28)16-24(35)29-20-13-11-18(12-14-20)22-9-4-5-10-23(22)38(3,36)37/h4-15,17H,16H2,1-3H3,(H3,27,28)(H,29,35). The third-order valence-electron chi connectivity index (χ3n) is 6.06. The van der Waals surface area contributed by atoms with Crippen LogP contribution in [0.4, 0.5) is 11.4 Å². The first-order valence-corrected chi connectivity index (χ1v) is 13.6. The lowest BCUT2D eigenvalue weighted by Crippen LogP contribution is -2.36. The van der Waals surface area contributed by atoms with E-state index < -0.39 is 9.84 Å². The van der Waals surface area contributed by atoms with E-state index >= 15 is 0 Å². The minimum Gasteiger partial charge on any atom is -0.384 e. The number of carbonyl (C=O) groups excluding carboxylic acids is 1. The van der Waals surface area contributed by atoms with Crippen LogP contribution in [-0.2, 0) is 21.7 Å². The van der Waals surface area contributed by atoms with E-state index in [2.05, 4.69) is 20.8 Å². The number of nitrogens with two attached hydrogens (primary N) is 1. The zero-order valence-corrected chi connectivity index (χ0v) is 22.0. The lowest BCUT2D eigenvalue weighted by atomic mass is 10.1. The molecule has 0 aliphatic rings. The Morgan fingerprint density at radius 1 is 1.11 bits per heavy atom. The van der Waals surface area contributed by atoms with Crippen molar-refractivity contribution in [2.75, 3.05) is 23.0 Å². The number of carbonyl (C=O) groups is 1. The maximum atomic E-state index is 13.2. The van der Waals surface area contributed by atoms with Crippen LogP contribution in [0.15, 0.2) is 77.7 Å². The molecule has 4 aromatic rings. The van der Waals surface area contributed by atoms with Crippen molar-refractivity contribution in [1.82, 2.24) is 20.2 Å². The van der Waals surface area contributed by atoms with Crippen molar-refractivity contribution >= 4 is 33.0 Å². The van der Waals surface area contributed by atoms with Gasteiger partial charge in [-0.1, -0.05) is 42.5 Å². The second kappa shape index (κ2) is 10.8. The van der Waals surface area contributed by atoms with Crippen molar-refractivity contribution in [3.05, 3.63) is 84.2 Å². The average molecular weight is 533 g/mol. The van der Waals surface area contributed by atoms with Gasteiger partial charge in [0.05, 0.1) is 17.5 Å². The van der Waals surface area contributed by atoms with E-state index in [1.54, 1.807) is 73.8 Å². The molecule has 4 rings (SSSR count). The number of tetrazole rings is 1. The van der Waals surface area contributed by atoms with Crippen molar-refractivity contribution < 1.29 is 13.2 Å². The Balaban J connectivity index is 1.57. The number of sulfone groups is 1. The monoisotopic (exact) mass is 532 g/mol. The van der Waals surface area contributed by atoms with Crippen molar-refractivity contribution in [1.29, 1.82) is 5.41 Å². The molecule has 1 heterocycles. The molecule has 1 amide bonds. The van der Waals surface area contributed by atoms with Crippen LogP contribution < -0.4 is 16.0 Å². The number of nitrogens with one attached hydrogen (secondary N) is 2. The van der Waals surface area contributed by atoms with Crippen molar-refractivity contribution in [2.24, 2.45) is 12.8 Å². The van der Waals surface area contributed by atoms with Gasteiger partial charge in [0, 0.05) is 35.8 Å². The normalized spacial score (nSPS) is 12.1. The molecular weight excluding hydrogens is 504 g/mol. The predicted molar refractivity (Wildman–Crippen MR) is 146 cm³/mol. The molecule has 0 saturated carbocycles. The highest BCUT2D eigenvalue weighted by Gasteiger charge is 2.24. The largest absolute Gasteiger partial charge is 0.384 e. The van der Waals surface area contributed by atoms with Crippen LogP contribution in [0.2, 0.25) is 0 Å². The summed E-state index contributed by atoms with van der Waals surface area (Å²) in [6.07, 6.45) is 1.18. The molecule has 0 aliphatic heterocycles. The Morgan fingerprint density at radius 3 is 2.45 bits per heavy atom. The number of aryl methyl sites for hydroxylation is 1. The first-order valence-electron chi connectivity index (χ1n) is 11.7. The van der Waals surface area contributed by atoms with E-state index in [0.29, 0.717) is 28.3 Å². The molecule has 0 spiro atoms. The maximum absolute atomic E-state index is 13.2. The van der Waals surface area contributed by atoms with E-state index in [-0.39, 0.29) is 29.2 Å². The van der Waals surface area contributed by atoms with Crippen molar-refractivity contribution in [2.45, 2.75) is 17.9 Å². The molecule has 11 nitrogen and oxygen atoms in total. The summed E-state index contributed by atoms with van der Waals surface area (Å²) in [5.74, 6) is 0.186. The summed E-state index contributed by atoms with van der Waals surface area (Å²) in [6, 6.07) is 20.5. The number of hydrogen-bond donors (Lipinski definition) is 3. The fourth-order valence-corrected chi connectivity index (χ4v) is 5.06. The SMILES string of the molecule is CC(c1nnnn1C)N(CC(=O)Nc1ccc(-c2ccccc2S(C)(=O)=O)cc1)c1cccc(C(=N)N)c1. The van der Waals surface area contributed by atoms with Crippen LogP contribution in [0.1, 0.15) is 24.4 Å². The zero-order chi connectivity index (χ0) is 27.4. The van der Waals surface area contributed by atoms with Gasteiger partial charge in [-0.25, -0.2) is 13.1 Å². The highest BCUT2D eigenvalue weighted by atomic mass is 32.2. The van der Waals surface area contributed by atoms with Crippen LogP contribution in [-0.4, -0.2) is 53.2 Å². The number of nitrogens with zero attached hydrogens (tertiary/aromatic N) is 5. The van der Waals surface area contributed by atoms with E-state index in [1.165, 1.54) is 10.9 Å². The van der Waals surface area contributed by atoms with Gasteiger partial charge >= 0.3 is 0 Å². The number of nitrogen functional groups attached to an aromatic ring is 1. The van der Waals surface area contributed by atoms with Crippen LogP contribution in [0.3, 0.4) is 0 Å². The fraction of sp³-hybridized carbons (Fsp3) is 0.192. The summed E-state index contributed by atoms with van der Waals surface area (Å²) < 4.78 is 25.9. The Hall–Kier alpha value is -4.58. The topological polar surface area (TPSA) is 160 Å². The highest BCUT2D eigenvalue weighted by Crippen LogP contribution is 2.29. The molecule has 3 aromatic carbocycles. The van der Waals surface area contributed by atoms with Crippen LogP contribution in [0, 0.1) is 5.41 Å². The Labute approximate surface area is 220 Å². The molecule has 38 heavy (non-hydrogen) atoms. The lowest BCUT2D eigenvalue weighted by molar-refractivity contribution is -0.115. The zero-order valence-electron chi connectivity index (χ0n) is 21.2. The van der Waals surface area contributed by atoms with Crippen LogP contribution >= 0.6 is 0 Å². The quantitative estimate of drug-likeness (QED) is 0.219. The van der Waals surface area contributed by atoms with Gasteiger partial charge in [-0.3, -0.25) is 10.2 Å². The minimum absolute atomic E-state index is 0.0337. The number of aromatic nitrogens is 4. The van der Waals surface area contributed by atoms with E-state index in [0.717, 1.165) is 5.56 Å². The van der Waals surface area contributed by atoms with Gasteiger partial charge in [0.1, 0.15) is 5.84 Å². The molecule has 12 heteroatoms. The maximum Gasteiger partial charge on any atom is 0.243 e. The molecule has 0 bridgehead atoms. The third kappa shape index (κ3) is 5.86. The number of anilines is 2. The number of rotatable bonds is 9. The number of amidine groups is 1. The van der Waals surface area contributed by atoms with Crippen LogP contribution in [0.5, 0.6) is 0 Å². The molecule has 0 radical (unpaired) electrons. The number of hydrogen-bond acceptors (Lipinski definition) is 8.